The van der Waals surface area contributed by atoms with Gasteiger partial charge in [0.1, 0.15) is 5.75 Å². The molecule has 0 spiro atoms. The molecule has 102 valence electrons. The number of nitrogens with one attached hydrogen (secondary N) is 1. The molecule has 1 N–H and O–H groups in total. The SMILES string of the molecule is COC(=O)C(=C1CCCCN1)c1ccc(OC)cc1. The summed E-state index contributed by atoms with van der Waals surface area (Å²) < 4.78 is 10.0. The quantitative estimate of drug-likeness (QED) is 0.670. The van der Waals surface area contributed by atoms with E-state index < -0.39 is 0 Å². The summed E-state index contributed by atoms with van der Waals surface area (Å²) >= 11 is 0. The second kappa shape index (κ2) is 6.27. The lowest BCUT2D eigenvalue weighted by Gasteiger charge is -2.20. The van der Waals surface area contributed by atoms with Crippen LogP contribution in [0.15, 0.2) is 30.0 Å². The monoisotopic (exact) mass is 261 g/mol. The number of piperidine rings is 1. The van der Waals surface area contributed by atoms with E-state index in [9.17, 15) is 4.79 Å². The zero-order valence-electron chi connectivity index (χ0n) is 11.4. The van der Waals surface area contributed by atoms with Crippen LogP contribution in [-0.2, 0) is 9.53 Å². The van der Waals surface area contributed by atoms with Crippen LogP contribution in [0.4, 0.5) is 0 Å². The van der Waals surface area contributed by atoms with Gasteiger partial charge in [0.15, 0.2) is 0 Å². The molecule has 0 atom stereocenters. The first-order chi connectivity index (χ1) is 9.26. The molecule has 1 fully saturated rings. The van der Waals surface area contributed by atoms with Crippen LogP contribution in [0.1, 0.15) is 24.8 Å². The van der Waals surface area contributed by atoms with E-state index in [-0.39, 0.29) is 5.97 Å². The Balaban J connectivity index is 2.38. The van der Waals surface area contributed by atoms with E-state index in [4.69, 9.17) is 9.47 Å². The lowest BCUT2D eigenvalue weighted by Crippen LogP contribution is -2.23. The number of ether oxygens (including phenoxy) is 2. The molecule has 0 amide bonds. The summed E-state index contributed by atoms with van der Waals surface area (Å²) in [7, 11) is 3.03. The first-order valence-electron chi connectivity index (χ1n) is 6.46. The molecule has 1 heterocycles. The zero-order valence-corrected chi connectivity index (χ0v) is 11.4. The number of hydrogen-bond donors (Lipinski definition) is 1. The Morgan fingerprint density at radius 1 is 1.16 bits per heavy atom. The minimum Gasteiger partial charge on any atom is -0.497 e. The van der Waals surface area contributed by atoms with Gasteiger partial charge in [0.25, 0.3) is 0 Å². The van der Waals surface area contributed by atoms with Crippen LogP contribution in [0.5, 0.6) is 5.75 Å². The fourth-order valence-corrected chi connectivity index (χ4v) is 2.24. The predicted molar refractivity (Wildman–Crippen MR) is 73.8 cm³/mol. The van der Waals surface area contributed by atoms with Crippen LogP contribution in [-0.4, -0.2) is 26.7 Å². The van der Waals surface area contributed by atoms with Crippen molar-refractivity contribution < 1.29 is 14.3 Å². The van der Waals surface area contributed by atoms with Crippen molar-refractivity contribution in [3.63, 3.8) is 0 Å². The first-order valence-corrected chi connectivity index (χ1v) is 6.46. The second-order valence-electron chi connectivity index (χ2n) is 4.46. The van der Waals surface area contributed by atoms with Crippen LogP contribution < -0.4 is 10.1 Å². The molecule has 1 aliphatic heterocycles. The average Bonchev–Trinajstić information content (AvgIpc) is 2.49. The van der Waals surface area contributed by atoms with E-state index in [1.54, 1.807) is 7.11 Å². The summed E-state index contributed by atoms with van der Waals surface area (Å²) in [5.41, 5.74) is 2.46. The molecule has 0 bridgehead atoms. The van der Waals surface area contributed by atoms with Crippen molar-refractivity contribution in [3.05, 3.63) is 35.5 Å². The van der Waals surface area contributed by atoms with Crippen molar-refractivity contribution in [3.8, 4) is 5.75 Å². The van der Waals surface area contributed by atoms with E-state index in [0.29, 0.717) is 5.57 Å². The van der Waals surface area contributed by atoms with Crippen LogP contribution in [0.3, 0.4) is 0 Å². The number of allylic oxidation sites excluding steroid dienone is 1. The van der Waals surface area contributed by atoms with Gasteiger partial charge in [-0.3, -0.25) is 0 Å². The number of carbonyl (C=O) groups excluding carboxylic acids is 1. The van der Waals surface area contributed by atoms with Crippen LogP contribution in [0.25, 0.3) is 5.57 Å². The number of rotatable bonds is 3. The molecule has 0 unspecified atom stereocenters. The molecular formula is C15H19NO3. The molecule has 2 rings (SSSR count). The number of benzene rings is 1. The van der Waals surface area contributed by atoms with Crippen LogP contribution in [0, 0.1) is 0 Å². The average molecular weight is 261 g/mol. The van der Waals surface area contributed by atoms with Gasteiger partial charge in [0.05, 0.1) is 19.8 Å². The van der Waals surface area contributed by atoms with Crippen molar-refractivity contribution in [2.24, 2.45) is 0 Å². The second-order valence-corrected chi connectivity index (χ2v) is 4.46. The lowest BCUT2D eigenvalue weighted by molar-refractivity contribution is -0.133. The molecule has 1 saturated heterocycles. The predicted octanol–water partition coefficient (Wildman–Crippen LogP) is 2.35. The minimum atomic E-state index is -0.297. The molecule has 19 heavy (non-hydrogen) atoms. The molecule has 4 heteroatoms. The van der Waals surface area contributed by atoms with E-state index >= 15 is 0 Å². The molecule has 0 radical (unpaired) electrons. The third kappa shape index (κ3) is 3.08. The Morgan fingerprint density at radius 3 is 2.42 bits per heavy atom. The van der Waals surface area contributed by atoms with E-state index in [1.165, 1.54) is 7.11 Å². The maximum Gasteiger partial charge on any atom is 0.340 e. The summed E-state index contributed by atoms with van der Waals surface area (Å²) in [6.07, 6.45) is 3.12. The van der Waals surface area contributed by atoms with E-state index in [1.807, 2.05) is 24.3 Å². The fraction of sp³-hybridized carbons (Fsp3) is 0.400. The van der Waals surface area contributed by atoms with Gasteiger partial charge >= 0.3 is 5.97 Å². The maximum atomic E-state index is 12.0. The normalized spacial score (nSPS) is 17.4. The Hall–Kier alpha value is -1.97. The summed E-state index contributed by atoms with van der Waals surface area (Å²) in [5.74, 6) is 0.476. The molecule has 4 nitrogen and oxygen atoms in total. The van der Waals surface area contributed by atoms with Gasteiger partial charge in [0.2, 0.25) is 0 Å². The first kappa shape index (κ1) is 13.5. The van der Waals surface area contributed by atoms with Crippen molar-refractivity contribution in [1.29, 1.82) is 0 Å². The number of methoxy groups -OCH3 is 2. The Bertz CT molecular complexity index is 469. The summed E-state index contributed by atoms with van der Waals surface area (Å²) in [6, 6.07) is 7.46. The molecule has 0 aliphatic carbocycles. The van der Waals surface area contributed by atoms with Crippen molar-refractivity contribution >= 4 is 11.5 Å². The highest BCUT2D eigenvalue weighted by Crippen LogP contribution is 2.26. The molecule has 0 aromatic heterocycles. The largest absolute Gasteiger partial charge is 0.497 e. The Morgan fingerprint density at radius 2 is 1.89 bits per heavy atom. The standard InChI is InChI=1S/C15H19NO3/c1-18-12-8-6-11(7-9-12)14(15(17)19-2)13-5-3-4-10-16-13/h6-9,16H,3-5,10H2,1-2H3. The van der Waals surface area contributed by atoms with Crippen molar-refractivity contribution in [2.75, 3.05) is 20.8 Å². The van der Waals surface area contributed by atoms with Gasteiger partial charge in [-0.1, -0.05) is 12.1 Å². The number of carbonyl (C=O) groups is 1. The Kier molecular flexibility index (Phi) is 4.44. The minimum absolute atomic E-state index is 0.297. The topological polar surface area (TPSA) is 47.6 Å². The Labute approximate surface area is 113 Å². The number of esters is 1. The highest BCUT2D eigenvalue weighted by molar-refractivity contribution is 6.17. The van der Waals surface area contributed by atoms with E-state index in [0.717, 1.165) is 42.8 Å². The van der Waals surface area contributed by atoms with Gasteiger partial charge in [-0.15, -0.1) is 0 Å². The molecular weight excluding hydrogens is 242 g/mol. The molecule has 1 aromatic carbocycles. The summed E-state index contributed by atoms with van der Waals surface area (Å²) in [4.78, 5) is 12.0. The fourth-order valence-electron chi connectivity index (χ4n) is 2.24. The van der Waals surface area contributed by atoms with Gasteiger partial charge in [-0.05, 0) is 37.0 Å². The van der Waals surface area contributed by atoms with Crippen molar-refractivity contribution in [1.82, 2.24) is 5.32 Å². The highest BCUT2D eigenvalue weighted by Gasteiger charge is 2.19. The maximum absolute atomic E-state index is 12.0. The van der Waals surface area contributed by atoms with Gasteiger partial charge in [-0.2, -0.15) is 0 Å². The smallest absolute Gasteiger partial charge is 0.340 e. The van der Waals surface area contributed by atoms with Crippen molar-refractivity contribution in [2.45, 2.75) is 19.3 Å². The highest BCUT2D eigenvalue weighted by atomic mass is 16.5. The third-order valence-corrected chi connectivity index (χ3v) is 3.26. The van der Waals surface area contributed by atoms with Crippen LogP contribution >= 0.6 is 0 Å². The van der Waals surface area contributed by atoms with Gasteiger partial charge < -0.3 is 14.8 Å². The molecule has 1 aliphatic rings. The summed E-state index contributed by atoms with van der Waals surface area (Å²) in [5, 5.41) is 3.31. The lowest BCUT2D eigenvalue weighted by atomic mass is 9.98. The molecule has 1 aromatic rings. The zero-order chi connectivity index (χ0) is 13.7. The van der Waals surface area contributed by atoms with Crippen LogP contribution in [0.2, 0.25) is 0 Å². The van der Waals surface area contributed by atoms with E-state index in [2.05, 4.69) is 5.32 Å². The molecule has 0 saturated carbocycles. The number of hydrogen-bond acceptors (Lipinski definition) is 4. The van der Waals surface area contributed by atoms with Gasteiger partial charge in [0, 0.05) is 12.2 Å². The summed E-state index contributed by atoms with van der Waals surface area (Å²) in [6.45, 7) is 0.909. The van der Waals surface area contributed by atoms with Gasteiger partial charge in [-0.25, -0.2) is 4.79 Å². The third-order valence-electron chi connectivity index (χ3n) is 3.26.